The maximum atomic E-state index is 11.8. The average Bonchev–Trinajstić information content (AvgIpc) is 2.27. The number of methoxy groups -OCH3 is 1. The van der Waals surface area contributed by atoms with Crippen LogP contribution in [0.5, 0.6) is 5.75 Å². The van der Waals surface area contributed by atoms with E-state index in [2.05, 4.69) is 4.74 Å². The highest BCUT2D eigenvalue weighted by Crippen LogP contribution is 2.24. The molecule has 6 nitrogen and oxygen atoms in total. The van der Waals surface area contributed by atoms with Gasteiger partial charge in [0.05, 0.1) is 12.7 Å². The highest BCUT2D eigenvalue weighted by atomic mass is 16.5. The van der Waals surface area contributed by atoms with Crippen molar-refractivity contribution >= 4 is 17.4 Å². The molecule has 0 spiro atoms. The summed E-state index contributed by atoms with van der Waals surface area (Å²) in [6, 6.07) is 3.28. The van der Waals surface area contributed by atoms with Gasteiger partial charge in [-0.25, -0.2) is 0 Å². The fourth-order valence-corrected chi connectivity index (χ4v) is 1.40. The Morgan fingerprint density at radius 1 is 1.47 bits per heavy atom. The number of rotatable bonds is 4. The first-order chi connectivity index (χ1) is 7.97. The first kappa shape index (κ1) is 13.0. The lowest BCUT2D eigenvalue weighted by Crippen LogP contribution is -2.34. The van der Waals surface area contributed by atoms with Crippen LogP contribution in [0.3, 0.4) is 0 Å². The monoisotopic (exact) mass is 238 g/mol. The summed E-state index contributed by atoms with van der Waals surface area (Å²) in [6.45, 7) is 0. The molecule has 0 bridgehead atoms. The highest BCUT2D eigenvalue weighted by molar-refractivity contribution is 6.05. The molecule has 1 rings (SSSR count). The molecule has 5 N–H and O–H groups in total. The molecule has 0 fully saturated rings. The Balaban J connectivity index is 2.87. The Bertz CT molecular complexity index is 425. The number of Topliss-reactive ketones (excluding diaryl/α,β-unsaturated/α-hetero) is 1. The van der Waals surface area contributed by atoms with Crippen molar-refractivity contribution in [2.75, 3.05) is 12.8 Å². The number of ether oxygens (including phenoxy) is 1. The predicted octanol–water partition coefficient (Wildman–Crippen LogP) is 0.0475. The average molecular weight is 238 g/mol. The number of anilines is 1. The van der Waals surface area contributed by atoms with Crippen LogP contribution in [-0.2, 0) is 9.53 Å². The van der Waals surface area contributed by atoms with Gasteiger partial charge in [0.1, 0.15) is 11.8 Å². The van der Waals surface area contributed by atoms with Gasteiger partial charge in [0.15, 0.2) is 5.78 Å². The second-order valence-electron chi connectivity index (χ2n) is 3.50. The number of nitrogens with two attached hydrogens (primary N) is 2. The number of carbonyl (C=O) groups excluding carboxylic acids is 2. The molecule has 0 radical (unpaired) electrons. The van der Waals surface area contributed by atoms with E-state index in [-0.39, 0.29) is 23.4 Å². The zero-order chi connectivity index (χ0) is 13.0. The molecule has 0 amide bonds. The summed E-state index contributed by atoms with van der Waals surface area (Å²) in [7, 11) is 1.18. The lowest BCUT2D eigenvalue weighted by molar-refractivity contribution is -0.142. The van der Waals surface area contributed by atoms with Gasteiger partial charge in [-0.1, -0.05) is 6.07 Å². The van der Waals surface area contributed by atoms with E-state index in [1.54, 1.807) is 0 Å². The van der Waals surface area contributed by atoms with Gasteiger partial charge in [-0.2, -0.15) is 0 Å². The van der Waals surface area contributed by atoms with Crippen LogP contribution >= 0.6 is 0 Å². The first-order valence-corrected chi connectivity index (χ1v) is 4.91. The van der Waals surface area contributed by atoms with E-state index in [1.807, 2.05) is 0 Å². The summed E-state index contributed by atoms with van der Waals surface area (Å²) in [5.41, 5.74) is 11.1. The van der Waals surface area contributed by atoms with Gasteiger partial charge in [0.2, 0.25) is 0 Å². The molecule has 1 aromatic carbocycles. The largest absolute Gasteiger partial charge is 0.507 e. The summed E-state index contributed by atoms with van der Waals surface area (Å²) in [5, 5.41) is 9.51. The number of ketones is 1. The SMILES string of the molecule is COC(=O)[C@@H](N)CC(=O)c1c(N)cccc1O. The topological polar surface area (TPSA) is 116 Å². The number of phenolic OH excluding ortho intramolecular Hbond substituents is 1. The lowest BCUT2D eigenvalue weighted by Gasteiger charge is -2.10. The molecule has 0 aliphatic heterocycles. The second-order valence-corrected chi connectivity index (χ2v) is 3.50. The van der Waals surface area contributed by atoms with Crippen molar-refractivity contribution in [2.24, 2.45) is 5.73 Å². The third kappa shape index (κ3) is 2.94. The van der Waals surface area contributed by atoms with E-state index in [0.29, 0.717) is 0 Å². The van der Waals surface area contributed by atoms with Crippen LogP contribution in [0.2, 0.25) is 0 Å². The third-order valence-electron chi connectivity index (χ3n) is 2.26. The minimum Gasteiger partial charge on any atom is -0.507 e. The fourth-order valence-electron chi connectivity index (χ4n) is 1.40. The smallest absolute Gasteiger partial charge is 0.323 e. The van der Waals surface area contributed by atoms with Gasteiger partial charge in [0, 0.05) is 12.1 Å². The normalized spacial score (nSPS) is 11.9. The fraction of sp³-hybridized carbons (Fsp3) is 0.273. The number of nitrogen functional groups attached to an aromatic ring is 1. The number of aromatic hydroxyl groups is 1. The molecule has 0 unspecified atom stereocenters. The van der Waals surface area contributed by atoms with Gasteiger partial charge < -0.3 is 21.3 Å². The Morgan fingerprint density at radius 3 is 2.65 bits per heavy atom. The van der Waals surface area contributed by atoms with E-state index in [4.69, 9.17) is 11.5 Å². The number of esters is 1. The van der Waals surface area contributed by atoms with Crippen LogP contribution < -0.4 is 11.5 Å². The minimum atomic E-state index is -1.06. The van der Waals surface area contributed by atoms with E-state index < -0.39 is 17.8 Å². The van der Waals surface area contributed by atoms with Crippen molar-refractivity contribution in [3.05, 3.63) is 23.8 Å². The molecule has 17 heavy (non-hydrogen) atoms. The quantitative estimate of drug-likeness (QED) is 0.387. The Hall–Kier alpha value is -2.08. The Labute approximate surface area is 98.2 Å². The van der Waals surface area contributed by atoms with Gasteiger partial charge in [-0.15, -0.1) is 0 Å². The van der Waals surface area contributed by atoms with Gasteiger partial charge >= 0.3 is 5.97 Å². The number of carbonyl (C=O) groups is 2. The van der Waals surface area contributed by atoms with Crippen LogP contribution in [0.25, 0.3) is 0 Å². The molecule has 0 heterocycles. The van der Waals surface area contributed by atoms with Crippen LogP contribution in [0.1, 0.15) is 16.8 Å². The lowest BCUT2D eigenvalue weighted by atomic mass is 10.0. The number of benzene rings is 1. The van der Waals surface area contributed by atoms with Crippen molar-refractivity contribution in [3.63, 3.8) is 0 Å². The summed E-state index contributed by atoms with van der Waals surface area (Å²) in [4.78, 5) is 22.8. The Morgan fingerprint density at radius 2 is 2.12 bits per heavy atom. The molecule has 1 aromatic rings. The molecule has 0 aliphatic rings. The summed E-state index contributed by atoms with van der Waals surface area (Å²) in [5.74, 6) is -1.42. The van der Waals surface area contributed by atoms with Crippen molar-refractivity contribution < 1.29 is 19.4 Å². The minimum absolute atomic E-state index is 0.0214. The van der Waals surface area contributed by atoms with Crippen LogP contribution in [0.4, 0.5) is 5.69 Å². The van der Waals surface area contributed by atoms with Crippen molar-refractivity contribution in [2.45, 2.75) is 12.5 Å². The molecule has 6 heteroatoms. The zero-order valence-corrected chi connectivity index (χ0v) is 9.34. The van der Waals surface area contributed by atoms with Gasteiger partial charge in [-0.3, -0.25) is 9.59 Å². The van der Waals surface area contributed by atoms with Crippen molar-refractivity contribution in [1.82, 2.24) is 0 Å². The van der Waals surface area contributed by atoms with E-state index in [1.165, 1.54) is 25.3 Å². The van der Waals surface area contributed by atoms with Crippen molar-refractivity contribution in [3.8, 4) is 5.75 Å². The molecule has 0 aromatic heterocycles. The molecule has 0 saturated carbocycles. The number of hydrogen-bond donors (Lipinski definition) is 3. The summed E-state index contributed by atoms with van der Waals surface area (Å²) in [6.07, 6.45) is -0.269. The van der Waals surface area contributed by atoms with Crippen molar-refractivity contribution in [1.29, 1.82) is 0 Å². The molecule has 0 saturated heterocycles. The van der Waals surface area contributed by atoms with E-state index in [0.717, 1.165) is 0 Å². The Kier molecular flexibility index (Phi) is 4.06. The number of hydrogen-bond acceptors (Lipinski definition) is 6. The molecule has 0 aliphatic carbocycles. The second kappa shape index (κ2) is 5.31. The molecule has 1 atom stereocenters. The number of phenols is 1. The highest BCUT2D eigenvalue weighted by Gasteiger charge is 2.22. The van der Waals surface area contributed by atoms with Gasteiger partial charge in [-0.05, 0) is 12.1 Å². The van der Waals surface area contributed by atoms with Crippen LogP contribution in [0, 0.1) is 0 Å². The summed E-state index contributed by atoms with van der Waals surface area (Å²) < 4.78 is 4.40. The van der Waals surface area contributed by atoms with E-state index in [9.17, 15) is 14.7 Å². The first-order valence-electron chi connectivity index (χ1n) is 4.91. The molecular formula is C11H14N2O4. The molecule has 92 valence electrons. The molecular weight excluding hydrogens is 224 g/mol. The van der Waals surface area contributed by atoms with E-state index >= 15 is 0 Å². The van der Waals surface area contributed by atoms with Crippen LogP contribution in [0.15, 0.2) is 18.2 Å². The standard InChI is InChI=1S/C11H14N2O4/c1-17-11(16)7(13)5-9(15)10-6(12)3-2-4-8(10)14/h2-4,7,14H,5,12-13H2,1H3/t7-/m0/s1. The van der Waals surface area contributed by atoms with Gasteiger partial charge in [0.25, 0.3) is 0 Å². The van der Waals surface area contributed by atoms with Crippen LogP contribution in [-0.4, -0.2) is 30.0 Å². The maximum Gasteiger partial charge on any atom is 0.323 e. The third-order valence-corrected chi connectivity index (χ3v) is 2.26. The zero-order valence-electron chi connectivity index (χ0n) is 9.34. The summed E-state index contributed by atoms with van der Waals surface area (Å²) >= 11 is 0. The predicted molar refractivity (Wildman–Crippen MR) is 61.5 cm³/mol. The maximum absolute atomic E-state index is 11.8.